The van der Waals surface area contributed by atoms with Crippen molar-refractivity contribution in [2.75, 3.05) is 32.7 Å². The highest BCUT2D eigenvalue weighted by atomic mass is 15.6. The van der Waals surface area contributed by atoms with Gasteiger partial charge in [-0.05, 0) is 12.8 Å². The molecule has 0 aromatic rings. The molecule has 1 saturated carbocycles. The molecule has 0 radical (unpaired) electrons. The largest absolute Gasteiger partial charge is 0.314 e. The van der Waals surface area contributed by atoms with E-state index in [4.69, 9.17) is 0 Å². The van der Waals surface area contributed by atoms with Crippen molar-refractivity contribution in [3.8, 4) is 0 Å². The lowest BCUT2D eigenvalue weighted by atomic mass is 9.95. The predicted molar refractivity (Wildman–Crippen MR) is 63.7 cm³/mol. The van der Waals surface area contributed by atoms with Crippen LogP contribution in [0, 0.1) is 0 Å². The summed E-state index contributed by atoms with van der Waals surface area (Å²) in [6, 6.07) is 0.835. The molecule has 3 nitrogen and oxygen atoms in total. The van der Waals surface area contributed by atoms with E-state index in [2.05, 4.69) is 22.3 Å². The first-order valence-electron chi connectivity index (χ1n) is 6.64. The van der Waals surface area contributed by atoms with Gasteiger partial charge >= 0.3 is 0 Å². The Hall–Kier alpha value is -0.120. The lowest BCUT2D eigenvalue weighted by molar-refractivity contribution is -0.0735. The number of nitrogens with zero attached hydrogens (tertiary/aromatic N) is 2. The van der Waals surface area contributed by atoms with E-state index in [1.54, 1.807) is 0 Å². The molecule has 0 unspecified atom stereocenters. The summed E-state index contributed by atoms with van der Waals surface area (Å²) < 4.78 is 0. The van der Waals surface area contributed by atoms with Gasteiger partial charge < -0.3 is 5.32 Å². The molecule has 3 heteroatoms. The van der Waals surface area contributed by atoms with Crippen LogP contribution in [0.2, 0.25) is 0 Å². The minimum absolute atomic E-state index is 0.835. The minimum Gasteiger partial charge on any atom is -0.314 e. The number of nitrogens with one attached hydrogen (secondary N) is 1. The van der Waals surface area contributed by atoms with Crippen LogP contribution in [0.5, 0.6) is 0 Å². The molecular formula is C12H25N3. The second kappa shape index (κ2) is 5.83. The summed E-state index contributed by atoms with van der Waals surface area (Å²) in [5.41, 5.74) is 0. The van der Waals surface area contributed by atoms with Gasteiger partial charge in [-0.25, -0.2) is 10.0 Å². The van der Waals surface area contributed by atoms with E-state index in [9.17, 15) is 0 Å². The Labute approximate surface area is 93.8 Å². The maximum Gasteiger partial charge on any atom is 0.0259 e. The quantitative estimate of drug-likeness (QED) is 0.762. The molecule has 0 atom stereocenters. The first-order valence-corrected chi connectivity index (χ1v) is 6.64. The molecule has 88 valence electrons. The third kappa shape index (κ3) is 2.92. The van der Waals surface area contributed by atoms with Crippen LogP contribution in [0.3, 0.4) is 0 Å². The first-order chi connectivity index (χ1) is 7.42. The SMILES string of the molecule is CCN(C1CCCCC1)N1CCNCC1. The maximum atomic E-state index is 3.43. The molecule has 0 bridgehead atoms. The molecule has 1 aliphatic carbocycles. The molecule has 1 saturated heterocycles. The van der Waals surface area contributed by atoms with E-state index in [0.29, 0.717) is 0 Å². The monoisotopic (exact) mass is 211 g/mol. The summed E-state index contributed by atoms with van der Waals surface area (Å²) >= 11 is 0. The van der Waals surface area contributed by atoms with E-state index < -0.39 is 0 Å². The van der Waals surface area contributed by atoms with Crippen molar-refractivity contribution in [1.82, 2.24) is 15.3 Å². The Morgan fingerprint density at radius 1 is 1.13 bits per heavy atom. The van der Waals surface area contributed by atoms with Gasteiger partial charge in [-0.1, -0.05) is 26.2 Å². The molecular weight excluding hydrogens is 186 g/mol. The Morgan fingerprint density at radius 2 is 1.80 bits per heavy atom. The van der Waals surface area contributed by atoms with Gasteiger partial charge in [0.25, 0.3) is 0 Å². The zero-order valence-electron chi connectivity index (χ0n) is 10.0. The third-order valence-corrected chi connectivity index (χ3v) is 3.78. The van der Waals surface area contributed by atoms with Crippen LogP contribution < -0.4 is 5.32 Å². The van der Waals surface area contributed by atoms with Gasteiger partial charge in [-0.3, -0.25) is 0 Å². The Morgan fingerprint density at radius 3 is 2.40 bits per heavy atom. The summed E-state index contributed by atoms with van der Waals surface area (Å²) in [6.45, 7) is 8.20. The summed E-state index contributed by atoms with van der Waals surface area (Å²) in [5.74, 6) is 0. The molecule has 15 heavy (non-hydrogen) atoms. The summed E-state index contributed by atoms with van der Waals surface area (Å²) in [4.78, 5) is 0. The van der Waals surface area contributed by atoms with E-state index in [-0.39, 0.29) is 0 Å². The Bertz CT molecular complexity index is 154. The van der Waals surface area contributed by atoms with Gasteiger partial charge in [0.15, 0.2) is 0 Å². The lowest BCUT2D eigenvalue weighted by Gasteiger charge is -2.43. The fraction of sp³-hybridized carbons (Fsp3) is 1.00. The van der Waals surface area contributed by atoms with Gasteiger partial charge in [0.05, 0.1) is 0 Å². The van der Waals surface area contributed by atoms with Gasteiger partial charge in [0.1, 0.15) is 0 Å². The van der Waals surface area contributed by atoms with Gasteiger partial charge in [-0.2, -0.15) is 0 Å². The topological polar surface area (TPSA) is 18.5 Å². The lowest BCUT2D eigenvalue weighted by Crippen LogP contribution is -2.56. The second-order valence-corrected chi connectivity index (χ2v) is 4.75. The minimum atomic E-state index is 0.835. The molecule has 2 fully saturated rings. The van der Waals surface area contributed by atoms with Crippen LogP contribution in [0.15, 0.2) is 0 Å². The number of hydrazine groups is 1. The Balaban J connectivity index is 1.88. The molecule has 1 heterocycles. The van der Waals surface area contributed by atoms with Crippen molar-refractivity contribution < 1.29 is 0 Å². The van der Waals surface area contributed by atoms with Gasteiger partial charge in [0, 0.05) is 38.8 Å². The smallest absolute Gasteiger partial charge is 0.0259 e. The van der Waals surface area contributed by atoms with E-state index in [1.807, 2.05) is 0 Å². The van der Waals surface area contributed by atoms with Crippen molar-refractivity contribution in [3.05, 3.63) is 0 Å². The normalized spacial score (nSPS) is 26.0. The number of hydrogen-bond acceptors (Lipinski definition) is 3. The fourth-order valence-electron chi connectivity index (χ4n) is 2.98. The molecule has 0 aromatic heterocycles. The first kappa shape index (κ1) is 11.4. The number of hydrogen-bond donors (Lipinski definition) is 1. The average Bonchev–Trinajstić information content (AvgIpc) is 2.33. The van der Waals surface area contributed by atoms with Crippen molar-refractivity contribution in [2.24, 2.45) is 0 Å². The predicted octanol–water partition coefficient (Wildman–Crippen LogP) is 1.46. The van der Waals surface area contributed by atoms with Crippen LogP contribution in [-0.2, 0) is 0 Å². The van der Waals surface area contributed by atoms with Crippen LogP contribution in [0.25, 0.3) is 0 Å². The van der Waals surface area contributed by atoms with Crippen LogP contribution in [0.1, 0.15) is 39.0 Å². The van der Waals surface area contributed by atoms with Crippen LogP contribution >= 0.6 is 0 Å². The van der Waals surface area contributed by atoms with E-state index in [0.717, 1.165) is 19.1 Å². The molecule has 2 rings (SSSR count). The molecule has 1 aliphatic heterocycles. The Kier molecular flexibility index (Phi) is 4.42. The number of rotatable bonds is 3. The standard InChI is InChI=1S/C12H25N3/c1-2-15(12-6-4-3-5-7-12)14-10-8-13-9-11-14/h12-13H,2-11H2,1H3. The van der Waals surface area contributed by atoms with Gasteiger partial charge in [0.2, 0.25) is 0 Å². The molecule has 0 amide bonds. The third-order valence-electron chi connectivity index (χ3n) is 3.78. The van der Waals surface area contributed by atoms with Gasteiger partial charge in [-0.15, -0.1) is 0 Å². The fourth-order valence-corrected chi connectivity index (χ4v) is 2.98. The highest BCUT2D eigenvalue weighted by molar-refractivity contribution is 4.76. The van der Waals surface area contributed by atoms with E-state index >= 15 is 0 Å². The van der Waals surface area contributed by atoms with Crippen molar-refractivity contribution in [2.45, 2.75) is 45.1 Å². The zero-order chi connectivity index (χ0) is 10.5. The second-order valence-electron chi connectivity index (χ2n) is 4.75. The highest BCUT2D eigenvalue weighted by Gasteiger charge is 2.25. The summed E-state index contributed by atoms with van der Waals surface area (Å²) in [6.07, 6.45) is 7.16. The maximum absolute atomic E-state index is 3.43. The van der Waals surface area contributed by atoms with Crippen LogP contribution in [0.4, 0.5) is 0 Å². The van der Waals surface area contributed by atoms with Crippen molar-refractivity contribution in [3.63, 3.8) is 0 Å². The molecule has 1 N–H and O–H groups in total. The highest BCUT2D eigenvalue weighted by Crippen LogP contribution is 2.23. The molecule has 2 aliphatic rings. The van der Waals surface area contributed by atoms with Crippen molar-refractivity contribution in [1.29, 1.82) is 0 Å². The molecule has 0 aromatic carbocycles. The summed E-state index contributed by atoms with van der Waals surface area (Å²) in [7, 11) is 0. The summed E-state index contributed by atoms with van der Waals surface area (Å²) in [5, 5.41) is 8.64. The molecule has 0 spiro atoms. The average molecular weight is 211 g/mol. The van der Waals surface area contributed by atoms with Crippen molar-refractivity contribution >= 4 is 0 Å². The van der Waals surface area contributed by atoms with Crippen LogP contribution in [-0.4, -0.2) is 48.8 Å². The number of piperazine rings is 1. The van der Waals surface area contributed by atoms with E-state index in [1.165, 1.54) is 51.7 Å². The zero-order valence-corrected chi connectivity index (χ0v) is 10.0.